The molecule has 0 saturated carbocycles. The van der Waals surface area contributed by atoms with Crippen LogP contribution in [0.4, 0.5) is 11.4 Å². The van der Waals surface area contributed by atoms with E-state index in [2.05, 4.69) is 10.6 Å². The van der Waals surface area contributed by atoms with E-state index in [-0.39, 0.29) is 11.8 Å². The van der Waals surface area contributed by atoms with Crippen molar-refractivity contribution in [2.45, 2.75) is 27.7 Å². The number of anilines is 2. The zero-order chi connectivity index (χ0) is 20.3. The Morgan fingerprint density at radius 2 is 1.00 bits per heavy atom. The molecular formula is C24H24N2O2. The lowest BCUT2D eigenvalue weighted by molar-refractivity contribution is 0.101. The number of carbonyl (C=O) groups is 2. The molecule has 0 saturated heterocycles. The van der Waals surface area contributed by atoms with Gasteiger partial charge in [-0.25, -0.2) is 0 Å². The molecule has 4 nitrogen and oxygen atoms in total. The summed E-state index contributed by atoms with van der Waals surface area (Å²) in [5, 5.41) is 5.93. The second-order valence-corrected chi connectivity index (χ2v) is 7.13. The number of hydrogen-bond acceptors (Lipinski definition) is 2. The highest BCUT2D eigenvalue weighted by molar-refractivity contribution is 6.06. The number of amides is 2. The zero-order valence-electron chi connectivity index (χ0n) is 16.6. The molecule has 4 heteroatoms. The molecule has 0 unspecified atom stereocenters. The van der Waals surface area contributed by atoms with Crippen LogP contribution in [0.1, 0.15) is 43.0 Å². The first kappa shape index (κ1) is 19.4. The van der Waals surface area contributed by atoms with Gasteiger partial charge in [0.1, 0.15) is 0 Å². The average molecular weight is 372 g/mol. The van der Waals surface area contributed by atoms with Crippen molar-refractivity contribution in [2.24, 2.45) is 0 Å². The van der Waals surface area contributed by atoms with E-state index in [1.165, 1.54) is 0 Å². The van der Waals surface area contributed by atoms with Gasteiger partial charge in [0, 0.05) is 22.5 Å². The minimum absolute atomic E-state index is 0.150. The molecule has 0 fully saturated rings. The lowest BCUT2D eigenvalue weighted by Crippen LogP contribution is -2.15. The Morgan fingerprint density at radius 3 is 1.36 bits per heavy atom. The van der Waals surface area contributed by atoms with Gasteiger partial charge >= 0.3 is 0 Å². The minimum atomic E-state index is -0.150. The predicted octanol–water partition coefficient (Wildman–Crippen LogP) is 5.42. The average Bonchev–Trinajstić information content (AvgIpc) is 2.65. The Kier molecular flexibility index (Phi) is 5.59. The number of benzene rings is 3. The molecule has 3 aromatic carbocycles. The fourth-order valence-electron chi connectivity index (χ4n) is 3.05. The molecule has 2 amide bonds. The third kappa shape index (κ3) is 4.46. The van der Waals surface area contributed by atoms with Crippen LogP contribution in [0.5, 0.6) is 0 Å². The van der Waals surface area contributed by atoms with E-state index in [4.69, 9.17) is 0 Å². The molecule has 28 heavy (non-hydrogen) atoms. The standard InChI is InChI=1S/C24H24N2O2/c1-15-7-5-9-19(11-15)23(27)25-21-13-18(4)22(14-17(21)3)26-24(28)20-10-6-8-16(2)12-20/h5-14H,1-4H3,(H,25,27)(H,26,28). The van der Waals surface area contributed by atoms with Gasteiger partial charge in [-0.3, -0.25) is 9.59 Å². The van der Waals surface area contributed by atoms with Crippen LogP contribution in [0.2, 0.25) is 0 Å². The molecule has 0 radical (unpaired) electrons. The van der Waals surface area contributed by atoms with Gasteiger partial charge in [-0.1, -0.05) is 35.4 Å². The Morgan fingerprint density at radius 1 is 0.607 bits per heavy atom. The van der Waals surface area contributed by atoms with Gasteiger partial charge < -0.3 is 10.6 Å². The van der Waals surface area contributed by atoms with E-state index < -0.39 is 0 Å². The van der Waals surface area contributed by atoms with Gasteiger partial charge in [0.2, 0.25) is 0 Å². The SMILES string of the molecule is Cc1cccc(C(=O)Nc2cc(C)c(NC(=O)c3cccc(C)c3)cc2C)c1. The van der Waals surface area contributed by atoms with Crippen LogP contribution in [0.25, 0.3) is 0 Å². The van der Waals surface area contributed by atoms with E-state index in [1.807, 2.05) is 76.2 Å². The normalized spacial score (nSPS) is 10.4. The van der Waals surface area contributed by atoms with Gasteiger partial charge in [0.15, 0.2) is 0 Å². The highest BCUT2D eigenvalue weighted by Crippen LogP contribution is 2.25. The molecule has 0 atom stereocenters. The van der Waals surface area contributed by atoms with E-state index in [0.29, 0.717) is 11.1 Å². The molecule has 0 aliphatic heterocycles. The monoisotopic (exact) mass is 372 g/mol. The first-order valence-electron chi connectivity index (χ1n) is 9.21. The maximum absolute atomic E-state index is 12.5. The summed E-state index contributed by atoms with van der Waals surface area (Å²) < 4.78 is 0. The highest BCUT2D eigenvalue weighted by Gasteiger charge is 2.12. The van der Waals surface area contributed by atoms with Crippen molar-refractivity contribution in [1.29, 1.82) is 0 Å². The molecule has 3 rings (SSSR count). The Bertz CT molecular complexity index is 969. The lowest BCUT2D eigenvalue weighted by Gasteiger charge is -2.14. The van der Waals surface area contributed by atoms with E-state index in [1.54, 1.807) is 12.1 Å². The Hall–Kier alpha value is -3.40. The van der Waals surface area contributed by atoms with Gasteiger partial charge in [0.25, 0.3) is 11.8 Å². The minimum Gasteiger partial charge on any atom is -0.322 e. The second kappa shape index (κ2) is 8.09. The number of nitrogens with one attached hydrogen (secondary N) is 2. The Labute approximate surface area is 165 Å². The summed E-state index contributed by atoms with van der Waals surface area (Å²) in [6.45, 7) is 7.73. The molecular weight excluding hydrogens is 348 g/mol. The summed E-state index contributed by atoms with van der Waals surface area (Å²) in [4.78, 5) is 25.1. The summed E-state index contributed by atoms with van der Waals surface area (Å²) in [6.07, 6.45) is 0. The van der Waals surface area contributed by atoms with Crippen LogP contribution in [-0.2, 0) is 0 Å². The summed E-state index contributed by atoms with van der Waals surface area (Å²) in [5.41, 5.74) is 6.54. The fraction of sp³-hybridized carbons (Fsp3) is 0.167. The Balaban J connectivity index is 1.79. The summed E-state index contributed by atoms with van der Waals surface area (Å²) in [7, 11) is 0. The van der Waals surface area contributed by atoms with Crippen LogP contribution in [0.3, 0.4) is 0 Å². The van der Waals surface area contributed by atoms with Crippen molar-refractivity contribution in [2.75, 3.05) is 10.6 Å². The van der Waals surface area contributed by atoms with Crippen molar-refractivity contribution in [1.82, 2.24) is 0 Å². The lowest BCUT2D eigenvalue weighted by atomic mass is 10.1. The highest BCUT2D eigenvalue weighted by atomic mass is 16.2. The molecule has 142 valence electrons. The molecule has 0 spiro atoms. The van der Waals surface area contributed by atoms with Crippen molar-refractivity contribution in [3.63, 3.8) is 0 Å². The fourth-order valence-corrected chi connectivity index (χ4v) is 3.05. The van der Waals surface area contributed by atoms with Gasteiger partial charge in [-0.15, -0.1) is 0 Å². The first-order chi connectivity index (χ1) is 13.3. The van der Waals surface area contributed by atoms with Crippen LogP contribution in [-0.4, -0.2) is 11.8 Å². The third-order valence-corrected chi connectivity index (χ3v) is 4.63. The second-order valence-electron chi connectivity index (χ2n) is 7.13. The van der Waals surface area contributed by atoms with Crippen LogP contribution in [0, 0.1) is 27.7 Å². The molecule has 0 aliphatic carbocycles. The van der Waals surface area contributed by atoms with Gasteiger partial charge in [-0.2, -0.15) is 0 Å². The molecule has 3 aromatic rings. The molecule has 0 aromatic heterocycles. The van der Waals surface area contributed by atoms with Crippen molar-refractivity contribution in [3.8, 4) is 0 Å². The number of carbonyl (C=O) groups excluding carboxylic acids is 2. The van der Waals surface area contributed by atoms with Crippen LogP contribution in [0.15, 0.2) is 60.7 Å². The summed E-state index contributed by atoms with van der Waals surface area (Å²) in [5.74, 6) is -0.300. The molecule has 2 N–H and O–H groups in total. The third-order valence-electron chi connectivity index (χ3n) is 4.63. The van der Waals surface area contributed by atoms with E-state index in [0.717, 1.165) is 33.6 Å². The summed E-state index contributed by atoms with van der Waals surface area (Å²) >= 11 is 0. The maximum Gasteiger partial charge on any atom is 0.255 e. The zero-order valence-corrected chi connectivity index (χ0v) is 16.6. The quantitative estimate of drug-likeness (QED) is 0.642. The number of rotatable bonds is 4. The van der Waals surface area contributed by atoms with Crippen molar-refractivity contribution in [3.05, 3.63) is 94.0 Å². The topological polar surface area (TPSA) is 58.2 Å². The smallest absolute Gasteiger partial charge is 0.255 e. The van der Waals surface area contributed by atoms with E-state index in [9.17, 15) is 9.59 Å². The first-order valence-corrected chi connectivity index (χ1v) is 9.21. The number of hydrogen-bond donors (Lipinski definition) is 2. The predicted molar refractivity (Wildman–Crippen MR) is 114 cm³/mol. The summed E-state index contributed by atoms with van der Waals surface area (Å²) in [6, 6.07) is 18.7. The maximum atomic E-state index is 12.5. The largest absolute Gasteiger partial charge is 0.322 e. The van der Waals surface area contributed by atoms with Crippen LogP contribution >= 0.6 is 0 Å². The van der Waals surface area contributed by atoms with Gasteiger partial charge in [0.05, 0.1) is 0 Å². The van der Waals surface area contributed by atoms with Gasteiger partial charge in [-0.05, 0) is 75.2 Å². The molecule has 0 heterocycles. The van der Waals surface area contributed by atoms with Crippen molar-refractivity contribution < 1.29 is 9.59 Å². The molecule has 0 aliphatic rings. The molecule has 0 bridgehead atoms. The van der Waals surface area contributed by atoms with Crippen molar-refractivity contribution >= 4 is 23.2 Å². The van der Waals surface area contributed by atoms with E-state index >= 15 is 0 Å². The number of aryl methyl sites for hydroxylation is 4. The van der Waals surface area contributed by atoms with Crippen LogP contribution < -0.4 is 10.6 Å².